The van der Waals surface area contributed by atoms with Gasteiger partial charge in [0, 0.05) is 10.5 Å². The van der Waals surface area contributed by atoms with Crippen LogP contribution in [0.4, 0.5) is 0 Å². The van der Waals surface area contributed by atoms with Gasteiger partial charge in [-0.3, -0.25) is 30.3 Å². The van der Waals surface area contributed by atoms with Crippen LogP contribution in [0.5, 0.6) is 0 Å². The molecule has 2 rings (SSSR count). The minimum Gasteiger partial charge on any atom is -0.263 e. The van der Waals surface area contributed by atoms with Crippen LogP contribution in [-0.2, 0) is 0 Å². The molecule has 22 heavy (non-hydrogen) atoms. The number of nitro groups is 3. The summed E-state index contributed by atoms with van der Waals surface area (Å²) >= 11 is 0.800. The lowest BCUT2D eigenvalue weighted by Crippen LogP contribution is -2.48. The van der Waals surface area contributed by atoms with E-state index >= 15 is 0 Å². The standard InChI is InChI=1S/C12H11N3O6S/c1-8-11(22-7-12(8,14(18)19)15(20)21)10(13(16)17)9-5-3-2-4-6-9/h2-6,10H,7H2,1H3. The summed E-state index contributed by atoms with van der Waals surface area (Å²) in [6.45, 7) is 1.22. The van der Waals surface area contributed by atoms with Gasteiger partial charge in [0.15, 0.2) is 0 Å². The van der Waals surface area contributed by atoms with E-state index in [9.17, 15) is 30.3 Å². The summed E-state index contributed by atoms with van der Waals surface area (Å²) in [7, 11) is 0. The Labute approximate surface area is 128 Å². The van der Waals surface area contributed by atoms with Crippen molar-refractivity contribution in [3.8, 4) is 0 Å². The highest BCUT2D eigenvalue weighted by molar-refractivity contribution is 8.03. The van der Waals surface area contributed by atoms with Crippen molar-refractivity contribution in [2.24, 2.45) is 0 Å². The van der Waals surface area contributed by atoms with Crippen LogP contribution >= 0.6 is 11.8 Å². The molecule has 1 aliphatic heterocycles. The molecule has 0 amide bonds. The van der Waals surface area contributed by atoms with Gasteiger partial charge < -0.3 is 0 Å². The normalized spacial score (nSPS) is 18.0. The van der Waals surface area contributed by atoms with Gasteiger partial charge in [-0.1, -0.05) is 30.3 Å². The van der Waals surface area contributed by atoms with Gasteiger partial charge in [0.25, 0.3) is 6.04 Å². The molecule has 10 heteroatoms. The molecule has 0 N–H and O–H groups in total. The van der Waals surface area contributed by atoms with Crippen LogP contribution in [0.2, 0.25) is 0 Å². The lowest BCUT2D eigenvalue weighted by molar-refractivity contribution is -0.777. The summed E-state index contributed by atoms with van der Waals surface area (Å²) in [5, 5.41) is 33.8. The van der Waals surface area contributed by atoms with Gasteiger partial charge in [-0.05, 0) is 6.92 Å². The van der Waals surface area contributed by atoms with Gasteiger partial charge in [0.1, 0.15) is 15.6 Å². The van der Waals surface area contributed by atoms with Gasteiger partial charge >= 0.3 is 5.66 Å². The van der Waals surface area contributed by atoms with Crippen molar-refractivity contribution >= 4 is 11.8 Å². The Balaban J connectivity index is 2.59. The topological polar surface area (TPSA) is 129 Å². The van der Waals surface area contributed by atoms with Crippen LogP contribution in [0, 0.1) is 30.3 Å². The Bertz CT molecular complexity index is 661. The molecule has 116 valence electrons. The van der Waals surface area contributed by atoms with Gasteiger partial charge in [-0.2, -0.15) is 0 Å². The smallest absolute Gasteiger partial charge is 0.263 e. The first-order valence-corrected chi connectivity index (χ1v) is 7.12. The maximum Gasteiger partial charge on any atom is 0.490 e. The van der Waals surface area contributed by atoms with E-state index < -0.39 is 32.2 Å². The molecule has 0 aliphatic carbocycles. The fourth-order valence-electron chi connectivity index (χ4n) is 2.33. The van der Waals surface area contributed by atoms with Crippen LogP contribution < -0.4 is 0 Å². The zero-order valence-electron chi connectivity index (χ0n) is 11.4. The lowest BCUT2D eigenvalue weighted by Gasteiger charge is -2.13. The molecule has 0 saturated heterocycles. The van der Waals surface area contributed by atoms with Crippen LogP contribution in [0.25, 0.3) is 0 Å². The Morgan fingerprint density at radius 3 is 2.05 bits per heavy atom. The third-order valence-electron chi connectivity index (χ3n) is 3.58. The van der Waals surface area contributed by atoms with Crippen molar-refractivity contribution in [1.29, 1.82) is 0 Å². The fourth-order valence-corrected chi connectivity index (χ4v) is 3.87. The summed E-state index contributed by atoms with van der Waals surface area (Å²) in [6, 6.07) is 6.60. The molecule has 9 nitrogen and oxygen atoms in total. The largest absolute Gasteiger partial charge is 0.490 e. The molecule has 0 saturated carbocycles. The Morgan fingerprint density at radius 2 is 1.64 bits per heavy atom. The molecule has 1 unspecified atom stereocenters. The van der Waals surface area contributed by atoms with Gasteiger partial charge in [0.2, 0.25) is 0 Å². The molecule has 0 bridgehead atoms. The predicted molar refractivity (Wildman–Crippen MR) is 78.1 cm³/mol. The van der Waals surface area contributed by atoms with Crippen molar-refractivity contribution in [3.63, 3.8) is 0 Å². The number of nitrogens with zero attached hydrogens (tertiary/aromatic N) is 3. The summed E-state index contributed by atoms with van der Waals surface area (Å²) in [4.78, 5) is 31.3. The van der Waals surface area contributed by atoms with Gasteiger partial charge in [-0.25, -0.2) is 0 Å². The van der Waals surface area contributed by atoms with Crippen LogP contribution in [-0.4, -0.2) is 26.2 Å². The minimum absolute atomic E-state index is 0.0598. The van der Waals surface area contributed by atoms with Crippen molar-refractivity contribution in [3.05, 3.63) is 76.7 Å². The summed E-state index contributed by atoms with van der Waals surface area (Å²) in [6.07, 6.45) is 0. The predicted octanol–water partition coefficient (Wildman–Crippen LogP) is 2.27. The third-order valence-corrected chi connectivity index (χ3v) is 4.96. The molecule has 1 atom stereocenters. The van der Waals surface area contributed by atoms with Gasteiger partial charge in [0.05, 0.1) is 10.5 Å². The number of hydrogen-bond acceptors (Lipinski definition) is 7. The lowest BCUT2D eigenvalue weighted by atomic mass is 9.98. The fraction of sp³-hybridized carbons (Fsp3) is 0.333. The first kappa shape index (κ1) is 15.9. The average Bonchev–Trinajstić information content (AvgIpc) is 2.79. The van der Waals surface area contributed by atoms with E-state index in [4.69, 9.17) is 0 Å². The molecular weight excluding hydrogens is 314 g/mol. The molecular formula is C12H11N3O6S. The van der Waals surface area contributed by atoms with Crippen molar-refractivity contribution in [1.82, 2.24) is 0 Å². The quantitative estimate of drug-likeness (QED) is 0.461. The summed E-state index contributed by atoms with van der Waals surface area (Å²) in [5.74, 6) is -0.453. The van der Waals surface area contributed by atoms with Crippen molar-refractivity contribution in [2.45, 2.75) is 18.6 Å². The molecule has 1 aromatic rings. The van der Waals surface area contributed by atoms with Crippen LogP contribution in [0.1, 0.15) is 18.5 Å². The number of benzene rings is 1. The molecule has 0 spiro atoms. The molecule has 1 aliphatic rings. The van der Waals surface area contributed by atoms with Crippen LogP contribution in [0.3, 0.4) is 0 Å². The number of rotatable bonds is 5. The Hall–Kier alpha value is -2.49. The van der Waals surface area contributed by atoms with E-state index in [0.717, 1.165) is 11.8 Å². The Kier molecular flexibility index (Phi) is 4.13. The van der Waals surface area contributed by atoms with E-state index in [1.165, 1.54) is 19.1 Å². The summed E-state index contributed by atoms with van der Waals surface area (Å²) in [5.41, 5.74) is -2.35. The maximum absolute atomic E-state index is 11.4. The zero-order valence-corrected chi connectivity index (χ0v) is 12.2. The minimum atomic E-state index is -2.50. The van der Waals surface area contributed by atoms with E-state index in [1.807, 2.05) is 0 Å². The first-order chi connectivity index (χ1) is 10.3. The highest BCUT2D eigenvalue weighted by Gasteiger charge is 2.64. The zero-order chi connectivity index (χ0) is 16.5. The monoisotopic (exact) mass is 325 g/mol. The molecule has 0 fully saturated rings. The van der Waals surface area contributed by atoms with Gasteiger partial charge in [-0.15, -0.1) is 11.8 Å². The van der Waals surface area contributed by atoms with Crippen molar-refractivity contribution < 1.29 is 14.8 Å². The van der Waals surface area contributed by atoms with E-state index in [0.29, 0.717) is 5.56 Å². The van der Waals surface area contributed by atoms with E-state index in [1.54, 1.807) is 18.2 Å². The van der Waals surface area contributed by atoms with E-state index in [-0.39, 0.29) is 10.5 Å². The van der Waals surface area contributed by atoms with E-state index in [2.05, 4.69) is 0 Å². The number of thioether (sulfide) groups is 1. The second-order valence-corrected chi connectivity index (χ2v) is 5.72. The molecule has 1 heterocycles. The van der Waals surface area contributed by atoms with Crippen LogP contribution in [0.15, 0.2) is 40.8 Å². The third kappa shape index (κ3) is 2.30. The maximum atomic E-state index is 11.4. The summed E-state index contributed by atoms with van der Waals surface area (Å²) < 4.78 is 0. The molecule has 0 aromatic heterocycles. The number of hydrogen-bond donors (Lipinski definition) is 0. The average molecular weight is 325 g/mol. The molecule has 1 aromatic carbocycles. The first-order valence-electron chi connectivity index (χ1n) is 6.14. The molecule has 0 radical (unpaired) electrons. The SMILES string of the molecule is CC1=C(C(c2ccccc2)[N+](=O)[O-])SCC1([N+](=O)[O-])[N+](=O)[O-]. The van der Waals surface area contributed by atoms with Crippen molar-refractivity contribution in [2.75, 3.05) is 5.75 Å². The second-order valence-electron chi connectivity index (χ2n) is 4.71. The Morgan fingerprint density at radius 1 is 1.09 bits per heavy atom. The highest BCUT2D eigenvalue weighted by Crippen LogP contribution is 2.47. The highest BCUT2D eigenvalue weighted by atomic mass is 32.2. The second kappa shape index (κ2) is 5.72.